The van der Waals surface area contributed by atoms with E-state index in [0.29, 0.717) is 36.7 Å². The first-order valence-corrected chi connectivity index (χ1v) is 13.4. The number of rotatable bonds is 4. The third-order valence-corrected chi connectivity index (χ3v) is 8.46. The molecule has 0 saturated carbocycles. The van der Waals surface area contributed by atoms with Crippen molar-refractivity contribution < 1.29 is 28.9 Å². The molecule has 0 radical (unpaired) electrons. The van der Waals surface area contributed by atoms with E-state index in [-0.39, 0.29) is 22.9 Å². The lowest BCUT2D eigenvalue weighted by Gasteiger charge is -2.22. The molecule has 1 N–H and O–H groups in total. The molecule has 2 aliphatic heterocycles. The summed E-state index contributed by atoms with van der Waals surface area (Å²) in [5.41, 5.74) is 18.9. The maximum absolute atomic E-state index is 11.6. The van der Waals surface area contributed by atoms with Gasteiger partial charge in [-0.2, -0.15) is 0 Å². The van der Waals surface area contributed by atoms with Crippen molar-refractivity contribution in [2.24, 2.45) is 10.2 Å². The predicted molar refractivity (Wildman–Crippen MR) is 146 cm³/mol. The average molecular weight is 565 g/mol. The molecule has 0 saturated heterocycles. The molecule has 12 nitrogen and oxygen atoms in total. The fraction of sp³-hybridized carbons (Fsp3) is 0.280. The second-order valence-electron chi connectivity index (χ2n) is 8.59. The monoisotopic (exact) mass is 564 g/mol. The van der Waals surface area contributed by atoms with E-state index in [4.69, 9.17) is 30.4 Å². The van der Waals surface area contributed by atoms with Crippen LogP contribution in [0.2, 0.25) is 0 Å². The van der Waals surface area contributed by atoms with Gasteiger partial charge in [0.15, 0.2) is 0 Å². The maximum atomic E-state index is 11.6. The van der Waals surface area contributed by atoms with Crippen LogP contribution in [0.1, 0.15) is 55.4 Å². The van der Waals surface area contributed by atoms with Gasteiger partial charge in [-0.3, -0.25) is 0 Å². The number of nitrogens with zero attached hydrogens (tertiary/aromatic N) is 6. The van der Waals surface area contributed by atoms with Crippen LogP contribution in [-0.4, -0.2) is 37.4 Å². The van der Waals surface area contributed by atoms with Crippen LogP contribution in [0.5, 0.6) is 11.5 Å². The van der Waals surface area contributed by atoms with E-state index in [0.717, 1.165) is 37.0 Å². The number of esters is 1. The quantitative estimate of drug-likeness (QED) is 0.115. The van der Waals surface area contributed by atoms with E-state index < -0.39 is 5.97 Å². The summed E-state index contributed by atoms with van der Waals surface area (Å²) in [5, 5.41) is 18.3. The van der Waals surface area contributed by atoms with Crippen LogP contribution in [0.15, 0.2) is 46.6 Å². The number of ether oxygens (including phenoxy) is 3. The van der Waals surface area contributed by atoms with Crippen molar-refractivity contribution in [3.05, 3.63) is 78.2 Å². The summed E-state index contributed by atoms with van der Waals surface area (Å²) in [6, 6.07) is 10.4. The number of hydrogen-bond acceptors (Lipinski definition) is 9. The molecule has 0 amide bonds. The Hall–Kier alpha value is -4.48. The fourth-order valence-corrected chi connectivity index (χ4v) is 6.39. The summed E-state index contributed by atoms with van der Waals surface area (Å²) >= 11 is 2.57. The third kappa shape index (κ3) is 5.27. The van der Waals surface area contributed by atoms with Crippen molar-refractivity contribution in [1.29, 1.82) is 0 Å². The summed E-state index contributed by atoms with van der Waals surface area (Å²) < 4.78 is 17.7. The molecule has 198 valence electrons. The molecule has 2 aliphatic rings. The van der Waals surface area contributed by atoms with Crippen molar-refractivity contribution in [3.8, 4) is 11.5 Å². The summed E-state index contributed by atoms with van der Waals surface area (Å²) in [6.45, 7) is 1.02. The normalized spacial score (nSPS) is 17.2. The molecule has 14 heteroatoms. The van der Waals surface area contributed by atoms with Crippen LogP contribution in [0.4, 0.5) is 0 Å². The Bertz CT molecular complexity index is 1700. The van der Waals surface area contributed by atoms with Crippen molar-refractivity contribution in [3.63, 3.8) is 0 Å². The van der Waals surface area contributed by atoms with Gasteiger partial charge in [0.1, 0.15) is 21.3 Å². The number of aromatic carboxylic acids is 1. The second-order valence-corrected chi connectivity index (χ2v) is 10.8. The van der Waals surface area contributed by atoms with Gasteiger partial charge in [0.2, 0.25) is 0 Å². The lowest BCUT2D eigenvalue weighted by Crippen LogP contribution is -2.12. The number of thiophene rings is 2. The number of methoxy groups -OCH3 is 1. The number of carboxylic acids is 1. The van der Waals surface area contributed by atoms with Gasteiger partial charge in [0, 0.05) is 30.4 Å². The highest BCUT2D eigenvalue weighted by Crippen LogP contribution is 2.41. The molecular weight excluding hydrogens is 544 g/mol. The standard InChI is InChI=1S/C13H11N3O3S.C12H9N3O3S/c1-18-13(17)12-5-7-4-8-9(15-16-14)2-3-19-10(8)6-11(7)20-12;13-15-14-8-1-2-18-9-5-10-6(3-7(8)9)4-11(19-10)12(16)17/h4-6,9H,2-3H2,1H3;3-5,8H,1-2H2,(H,16,17). The van der Waals surface area contributed by atoms with Crippen molar-refractivity contribution in [2.45, 2.75) is 24.9 Å². The van der Waals surface area contributed by atoms with Crippen LogP contribution in [-0.2, 0) is 4.74 Å². The SMILES string of the molecule is COC(=O)c1cc2cc3c(cc2s1)OCCC3N=[N+]=[N-].[N-]=[N+]=NC1CCOc2cc3sc(C(=O)O)cc3cc21. The average Bonchev–Trinajstić information content (AvgIpc) is 3.55. The van der Waals surface area contributed by atoms with Gasteiger partial charge in [-0.1, -0.05) is 10.2 Å². The smallest absolute Gasteiger partial charge is 0.348 e. The van der Waals surface area contributed by atoms with Gasteiger partial charge in [-0.15, -0.1) is 22.7 Å². The Morgan fingerprint density at radius 1 is 0.872 bits per heavy atom. The summed E-state index contributed by atoms with van der Waals surface area (Å²) in [5.74, 6) is 0.109. The molecule has 2 unspecified atom stereocenters. The summed E-state index contributed by atoms with van der Waals surface area (Å²) in [4.78, 5) is 29.1. The molecule has 0 spiro atoms. The van der Waals surface area contributed by atoms with Crippen LogP contribution >= 0.6 is 22.7 Å². The Morgan fingerprint density at radius 3 is 1.82 bits per heavy atom. The third-order valence-electron chi connectivity index (χ3n) is 6.29. The van der Waals surface area contributed by atoms with Gasteiger partial charge in [0.25, 0.3) is 0 Å². The molecule has 4 aromatic rings. The Kier molecular flexibility index (Phi) is 7.44. The van der Waals surface area contributed by atoms with Crippen molar-refractivity contribution in [2.75, 3.05) is 20.3 Å². The van der Waals surface area contributed by atoms with Gasteiger partial charge in [-0.05, 0) is 71.1 Å². The molecule has 2 atom stereocenters. The van der Waals surface area contributed by atoms with Gasteiger partial charge < -0.3 is 19.3 Å². The molecule has 2 aromatic carbocycles. The fourth-order valence-electron chi connectivity index (χ4n) is 4.49. The van der Waals surface area contributed by atoms with Crippen LogP contribution < -0.4 is 9.47 Å². The molecule has 6 rings (SSSR count). The number of fused-ring (bicyclic) bond motifs is 4. The number of carbonyl (C=O) groups excluding carboxylic acids is 1. The van der Waals surface area contributed by atoms with E-state index >= 15 is 0 Å². The van der Waals surface area contributed by atoms with Crippen LogP contribution in [0.25, 0.3) is 41.1 Å². The van der Waals surface area contributed by atoms with E-state index in [1.807, 2.05) is 24.3 Å². The minimum absolute atomic E-state index is 0.213. The maximum Gasteiger partial charge on any atom is 0.348 e. The molecule has 0 aliphatic carbocycles. The topological polar surface area (TPSA) is 180 Å². The lowest BCUT2D eigenvalue weighted by molar-refractivity contribution is 0.0605. The predicted octanol–water partition coefficient (Wildman–Crippen LogP) is 7.56. The highest BCUT2D eigenvalue weighted by molar-refractivity contribution is 7.21. The van der Waals surface area contributed by atoms with Gasteiger partial charge in [0.05, 0.1) is 32.4 Å². The van der Waals surface area contributed by atoms with Crippen molar-refractivity contribution in [1.82, 2.24) is 0 Å². The minimum Gasteiger partial charge on any atom is -0.493 e. The zero-order chi connectivity index (χ0) is 27.5. The first-order chi connectivity index (χ1) is 18.9. The van der Waals surface area contributed by atoms with E-state index in [2.05, 4.69) is 20.1 Å². The van der Waals surface area contributed by atoms with Gasteiger partial charge in [-0.25, -0.2) is 9.59 Å². The molecular formula is C25H20N6O6S2. The lowest BCUT2D eigenvalue weighted by atomic mass is 10.00. The Morgan fingerprint density at radius 2 is 1.36 bits per heavy atom. The molecule has 4 heterocycles. The molecule has 0 bridgehead atoms. The van der Waals surface area contributed by atoms with Crippen molar-refractivity contribution >= 4 is 54.8 Å². The first-order valence-electron chi connectivity index (χ1n) is 11.7. The Labute approximate surface area is 228 Å². The number of carboxylic acid groups (broad SMARTS) is 1. The zero-order valence-corrected chi connectivity index (χ0v) is 22.1. The highest BCUT2D eigenvalue weighted by atomic mass is 32.1. The Balaban J connectivity index is 0.000000158. The number of carbonyl (C=O) groups is 2. The van der Waals surface area contributed by atoms with E-state index in [1.165, 1.54) is 29.8 Å². The zero-order valence-electron chi connectivity index (χ0n) is 20.4. The number of hydrogen-bond donors (Lipinski definition) is 1. The number of azide groups is 2. The second kappa shape index (κ2) is 11.1. The number of benzene rings is 2. The van der Waals surface area contributed by atoms with Crippen LogP contribution in [0.3, 0.4) is 0 Å². The first kappa shape index (κ1) is 26.1. The summed E-state index contributed by atoms with van der Waals surface area (Å²) in [7, 11) is 1.36. The van der Waals surface area contributed by atoms with Gasteiger partial charge >= 0.3 is 11.9 Å². The highest BCUT2D eigenvalue weighted by Gasteiger charge is 2.23. The van der Waals surface area contributed by atoms with Crippen LogP contribution in [0, 0.1) is 0 Å². The van der Waals surface area contributed by atoms with E-state index in [9.17, 15) is 9.59 Å². The van der Waals surface area contributed by atoms with E-state index in [1.54, 1.807) is 12.1 Å². The largest absolute Gasteiger partial charge is 0.493 e. The molecule has 39 heavy (non-hydrogen) atoms. The minimum atomic E-state index is -0.938. The molecule has 0 fully saturated rings. The molecule has 2 aromatic heterocycles. The summed E-state index contributed by atoms with van der Waals surface area (Å²) in [6.07, 6.45) is 1.30.